The largest absolute Gasteiger partial charge is 0.444 e. The van der Waals surface area contributed by atoms with E-state index in [4.69, 9.17) is 4.74 Å². The first kappa shape index (κ1) is 21.4. The van der Waals surface area contributed by atoms with Gasteiger partial charge in [-0.15, -0.1) is 0 Å². The first-order chi connectivity index (χ1) is 15.6. The van der Waals surface area contributed by atoms with Crippen molar-refractivity contribution < 1.29 is 14.3 Å². The monoisotopic (exact) mass is 426 g/mol. The van der Waals surface area contributed by atoms with Crippen molar-refractivity contribution in [3.63, 3.8) is 0 Å². The van der Waals surface area contributed by atoms with Gasteiger partial charge in [-0.3, -0.25) is 9.69 Å². The van der Waals surface area contributed by atoms with Gasteiger partial charge in [0.2, 0.25) is 0 Å². The van der Waals surface area contributed by atoms with Crippen LogP contribution in [-0.4, -0.2) is 27.8 Å². The lowest BCUT2D eigenvalue weighted by molar-refractivity contribution is -0.136. The first-order valence-electron chi connectivity index (χ1n) is 10.7. The average Bonchev–Trinajstić information content (AvgIpc) is 2.85. The molecule has 32 heavy (non-hydrogen) atoms. The topological polar surface area (TPSA) is 49.9 Å². The predicted octanol–water partition coefficient (Wildman–Crippen LogP) is 5.31. The van der Waals surface area contributed by atoms with Gasteiger partial charge in [-0.1, -0.05) is 91.0 Å². The smallest absolute Gasteiger partial charge is 0.414 e. The zero-order valence-electron chi connectivity index (χ0n) is 18.0. The highest BCUT2D eigenvalue weighted by Gasteiger charge is 2.37. The van der Waals surface area contributed by atoms with Crippen LogP contribution in [0, 0.1) is 0 Å². The second kappa shape index (κ2) is 9.96. The van der Waals surface area contributed by atoms with E-state index in [1.807, 2.05) is 97.9 Å². The van der Waals surface area contributed by atoms with Crippen LogP contribution in [0.5, 0.6) is 0 Å². The van der Waals surface area contributed by atoms with Crippen LogP contribution in [0.1, 0.15) is 29.7 Å². The highest BCUT2D eigenvalue weighted by Crippen LogP contribution is 2.27. The third kappa shape index (κ3) is 4.89. The van der Waals surface area contributed by atoms with Crippen molar-refractivity contribution in [1.29, 1.82) is 0 Å². The average molecular weight is 427 g/mol. The Labute approximate surface area is 188 Å². The standard InChI is InChI=1S/C27H26N2O3/c1-21(24-15-9-4-10-16-24)28-17-18-29(27(31)32-20-23-13-7-3-8-14-23)25(26(28)30)19-22-11-5-2-6-12-22/h2-18,21,25H,19-20H2,1H3. The fourth-order valence-corrected chi connectivity index (χ4v) is 3.83. The van der Waals surface area contributed by atoms with Crippen molar-refractivity contribution >= 4 is 12.0 Å². The lowest BCUT2D eigenvalue weighted by Gasteiger charge is -2.38. The molecule has 1 aliphatic rings. The minimum absolute atomic E-state index is 0.135. The second-order valence-electron chi connectivity index (χ2n) is 7.78. The Morgan fingerprint density at radius 1 is 0.844 bits per heavy atom. The number of carbonyl (C=O) groups is 2. The Balaban J connectivity index is 1.57. The zero-order valence-corrected chi connectivity index (χ0v) is 18.0. The summed E-state index contributed by atoms with van der Waals surface area (Å²) < 4.78 is 5.53. The van der Waals surface area contributed by atoms with E-state index < -0.39 is 12.1 Å². The number of hydrogen-bond donors (Lipinski definition) is 0. The maximum absolute atomic E-state index is 13.6. The highest BCUT2D eigenvalue weighted by atomic mass is 16.6. The Kier molecular flexibility index (Phi) is 6.66. The summed E-state index contributed by atoms with van der Waals surface area (Å²) in [6, 6.07) is 28.2. The van der Waals surface area contributed by atoms with Crippen LogP contribution in [-0.2, 0) is 22.6 Å². The first-order valence-corrected chi connectivity index (χ1v) is 10.7. The molecule has 2 amide bonds. The minimum atomic E-state index is -0.683. The number of benzene rings is 3. The molecule has 5 nitrogen and oxygen atoms in total. The normalized spacial score (nSPS) is 16.7. The molecule has 3 aromatic carbocycles. The maximum atomic E-state index is 13.6. The molecule has 1 aliphatic heterocycles. The van der Waals surface area contributed by atoms with Crippen molar-refractivity contribution in [3.05, 3.63) is 120 Å². The van der Waals surface area contributed by atoms with Gasteiger partial charge in [-0.25, -0.2) is 4.79 Å². The van der Waals surface area contributed by atoms with Gasteiger partial charge < -0.3 is 9.64 Å². The Hall–Kier alpha value is -3.86. The van der Waals surface area contributed by atoms with Crippen LogP contribution in [0.4, 0.5) is 4.79 Å². The summed E-state index contributed by atoms with van der Waals surface area (Å²) in [7, 11) is 0. The maximum Gasteiger partial charge on any atom is 0.414 e. The van der Waals surface area contributed by atoms with Gasteiger partial charge in [0.25, 0.3) is 5.91 Å². The number of ether oxygens (including phenoxy) is 1. The molecule has 3 aromatic rings. The van der Waals surface area contributed by atoms with E-state index in [1.165, 1.54) is 4.90 Å². The summed E-state index contributed by atoms with van der Waals surface area (Å²) in [6.07, 6.45) is 3.20. The molecule has 2 unspecified atom stereocenters. The molecule has 0 saturated carbocycles. The van der Waals surface area contributed by atoms with E-state index in [0.717, 1.165) is 16.7 Å². The van der Waals surface area contributed by atoms with Gasteiger partial charge >= 0.3 is 6.09 Å². The molecule has 162 valence electrons. The van der Waals surface area contributed by atoms with Crippen molar-refractivity contribution in [1.82, 2.24) is 9.80 Å². The lowest BCUT2D eigenvalue weighted by Crippen LogP contribution is -2.52. The Morgan fingerprint density at radius 3 is 2.03 bits per heavy atom. The number of amides is 2. The fourth-order valence-electron chi connectivity index (χ4n) is 3.83. The van der Waals surface area contributed by atoms with E-state index >= 15 is 0 Å². The third-order valence-corrected chi connectivity index (χ3v) is 5.65. The quantitative estimate of drug-likeness (QED) is 0.537. The van der Waals surface area contributed by atoms with Gasteiger partial charge in [-0.05, 0) is 23.6 Å². The van der Waals surface area contributed by atoms with Gasteiger partial charge in [0, 0.05) is 18.8 Å². The van der Waals surface area contributed by atoms with Crippen LogP contribution in [0.25, 0.3) is 0 Å². The van der Waals surface area contributed by atoms with Gasteiger partial charge in [0.15, 0.2) is 0 Å². The molecule has 0 saturated heterocycles. The molecule has 2 atom stereocenters. The van der Waals surface area contributed by atoms with Crippen LogP contribution < -0.4 is 0 Å². The molecule has 0 aliphatic carbocycles. The lowest BCUT2D eigenvalue weighted by atomic mass is 10.0. The third-order valence-electron chi connectivity index (χ3n) is 5.65. The molecule has 1 heterocycles. The molecule has 0 N–H and O–H groups in total. The van der Waals surface area contributed by atoms with Crippen molar-refractivity contribution in [2.24, 2.45) is 0 Å². The zero-order chi connectivity index (χ0) is 22.3. The Morgan fingerprint density at radius 2 is 1.41 bits per heavy atom. The van der Waals surface area contributed by atoms with E-state index in [2.05, 4.69) is 0 Å². The summed E-state index contributed by atoms with van der Waals surface area (Å²) in [5.41, 5.74) is 2.91. The molecule has 0 spiro atoms. The molecular formula is C27H26N2O3. The molecule has 0 bridgehead atoms. The van der Waals surface area contributed by atoms with E-state index in [1.54, 1.807) is 17.3 Å². The van der Waals surface area contributed by atoms with Crippen LogP contribution >= 0.6 is 0 Å². The number of hydrogen-bond acceptors (Lipinski definition) is 3. The van der Waals surface area contributed by atoms with E-state index in [9.17, 15) is 9.59 Å². The van der Waals surface area contributed by atoms with Gasteiger partial charge in [0.1, 0.15) is 12.6 Å². The predicted molar refractivity (Wildman–Crippen MR) is 123 cm³/mol. The van der Waals surface area contributed by atoms with Crippen molar-refractivity contribution in [3.8, 4) is 0 Å². The van der Waals surface area contributed by atoms with Crippen LogP contribution in [0.2, 0.25) is 0 Å². The highest BCUT2D eigenvalue weighted by molar-refractivity contribution is 5.89. The van der Waals surface area contributed by atoms with E-state index in [0.29, 0.717) is 6.42 Å². The summed E-state index contributed by atoms with van der Waals surface area (Å²) >= 11 is 0. The van der Waals surface area contributed by atoms with Gasteiger partial charge in [-0.2, -0.15) is 0 Å². The SMILES string of the molecule is CC(c1ccccc1)N1C=CN(C(=O)OCc2ccccc2)C(Cc2ccccc2)C1=O. The van der Waals surface area contributed by atoms with Crippen molar-refractivity contribution in [2.75, 3.05) is 0 Å². The molecule has 0 fully saturated rings. The molecule has 0 aromatic heterocycles. The molecule has 4 rings (SSSR count). The van der Waals surface area contributed by atoms with Crippen LogP contribution in [0.15, 0.2) is 103 Å². The number of rotatable bonds is 6. The number of nitrogens with zero attached hydrogens (tertiary/aromatic N) is 2. The summed E-state index contributed by atoms with van der Waals surface area (Å²) in [5, 5.41) is 0. The van der Waals surface area contributed by atoms with Crippen LogP contribution in [0.3, 0.4) is 0 Å². The Bertz CT molecular complexity index is 1070. The second-order valence-corrected chi connectivity index (χ2v) is 7.78. The van der Waals surface area contributed by atoms with Crippen molar-refractivity contribution in [2.45, 2.75) is 32.0 Å². The molecule has 0 radical (unpaired) electrons. The summed E-state index contributed by atoms with van der Waals surface area (Å²) in [5.74, 6) is -0.135. The molecule has 5 heteroatoms. The minimum Gasteiger partial charge on any atom is -0.444 e. The summed E-state index contributed by atoms with van der Waals surface area (Å²) in [6.45, 7) is 2.14. The fraction of sp³-hybridized carbons (Fsp3) is 0.185. The van der Waals surface area contributed by atoms with E-state index in [-0.39, 0.29) is 18.6 Å². The molecular weight excluding hydrogens is 400 g/mol. The number of carbonyl (C=O) groups excluding carboxylic acids is 2. The summed E-state index contributed by atoms with van der Waals surface area (Å²) in [4.78, 5) is 29.6. The van der Waals surface area contributed by atoms with Gasteiger partial charge in [0.05, 0.1) is 6.04 Å².